The molecule has 3 rings (SSSR count). The minimum absolute atomic E-state index is 0.0833. The van der Waals surface area contributed by atoms with E-state index < -0.39 is 0 Å². The molecule has 3 aromatic rings. The van der Waals surface area contributed by atoms with E-state index in [-0.39, 0.29) is 24.2 Å². The fourth-order valence-corrected chi connectivity index (χ4v) is 2.22. The van der Waals surface area contributed by atoms with E-state index in [4.69, 9.17) is 9.15 Å². The smallest absolute Gasteiger partial charge is 0.291 e. The lowest BCUT2D eigenvalue weighted by Crippen LogP contribution is -2.20. The van der Waals surface area contributed by atoms with Crippen molar-refractivity contribution in [2.24, 2.45) is 0 Å². The highest BCUT2D eigenvalue weighted by molar-refractivity contribution is 6.02. The third kappa shape index (κ3) is 4.73. The number of anilines is 2. The second-order valence-corrected chi connectivity index (χ2v) is 5.66. The van der Waals surface area contributed by atoms with Crippen molar-refractivity contribution in [3.8, 4) is 5.75 Å². The van der Waals surface area contributed by atoms with Gasteiger partial charge in [-0.1, -0.05) is 17.7 Å². The molecule has 2 amide bonds. The van der Waals surface area contributed by atoms with Crippen molar-refractivity contribution >= 4 is 23.2 Å². The Hall–Kier alpha value is -3.54. The summed E-state index contributed by atoms with van der Waals surface area (Å²) in [6.45, 7) is 1.90. The number of hydrogen-bond donors (Lipinski definition) is 2. The van der Waals surface area contributed by atoms with Crippen molar-refractivity contribution in [2.45, 2.75) is 6.92 Å². The van der Waals surface area contributed by atoms with Crippen LogP contribution in [0.15, 0.2) is 71.3 Å². The Morgan fingerprint density at radius 3 is 2.19 bits per heavy atom. The van der Waals surface area contributed by atoms with Gasteiger partial charge >= 0.3 is 0 Å². The Morgan fingerprint density at radius 2 is 1.58 bits per heavy atom. The third-order valence-corrected chi connectivity index (χ3v) is 3.56. The molecule has 0 aliphatic rings. The van der Waals surface area contributed by atoms with Crippen molar-refractivity contribution in [1.82, 2.24) is 0 Å². The lowest BCUT2D eigenvalue weighted by molar-refractivity contribution is -0.118. The van der Waals surface area contributed by atoms with Crippen LogP contribution in [0.4, 0.5) is 11.4 Å². The summed E-state index contributed by atoms with van der Waals surface area (Å²) in [5, 5.41) is 5.44. The summed E-state index contributed by atoms with van der Waals surface area (Å²) in [4.78, 5) is 23.8. The van der Waals surface area contributed by atoms with Crippen molar-refractivity contribution in [1.29, 1.82) is 0 Å². The van der Waals surface area contributed by atoms with Gasteiger partial charge in [0.25, 0.3) is 11.8 Å². The first-order valence-electron chi connectivity index (χ1n) is 8.04. The van der Waals surface area contributed by atoms with Crippen molar-refractivity contribution in [3.63, 3.8) is 0 Å². The first-order valence-corrected chi connectivity index (χ1v) is 8.04. The van der Waals surface area contributed by atoms with Crippen LogP contribution < -0.4 is 15.4 Å². The summed E-state index contributed by atoms with van der Waals surface area (Å²) in [5.74, 6) is 0.272. The Morgan fingerprint density at radius 1 is 0.923 bits per heavy atom. The molecule has 0 aliphatic carbocycles. The molecular formula is C20H18N2O4. The van der Waals surface area contributed by atoms with Gasteiger partial charge in [-0.3, -0.25) is 9.59 Å². The number of furan rings is 1. The predicted octanol–water partition coefficient (Wildman–Crippen LogP) is 3.86. The van der Waals surface area contributed by atoms with Gasteiger partial charge in [0.1, 0.15) is 5.75 Å². The van der Waals surface area contributed by atoms with E-state index in [2.05, 4.69) is 10.6 Å². The van der Waals surface area contributed by atoms with Gasteiger partial charge < -0.3 is 19.8 Å². The van der Waals surface area contributed by atoms with Gasteiger partial charge in [-0.2, -0.15) is 0 Å². The first-order chi connectivity index (χ1) is 12.6. The Bertz CT molecular complexity index is 869. The van der Waals surface area contributed by atoms with Gasteiger partial charge in [-0.05, 0) is 55.5 Å². The molecule has 26 heavy (non-hydrogen) atoms. The van der Waals surface area contributed by atoms with Gasteiger partial charge in [-0.15, -0.1) is 0 Å². The van der Waals surface area contributed by atoms with Crippen molar-refractivity contribution < 1.29 is 18.7 Å². The lowest BCUT2D eigenvalue weighted by Gasteiger charge is -2.09. The number of ether oxygens (including phenoxy) is 1. The SMILES string of the molecule is Cc1ccc(OCC(=O)Nc2ccc(NC(=O)c3ccco3)cc2)cc1. The first kappa shape index (κ1) is 17.3. The van der Waals surface area contributed by atoms with Crippen LogP contribution in [0.5, 0.6) is 5.75 Å². The number of carbonyl (C=O) groups is 2. The van der Waals surface area contributed by atoms with E-state index in [1.54, 1.807) is 36.4 Å². The number of amides is 2. The molecule has 0 atom stereocenters. The van der Waals surface area contributed by atoms with E-state index in [0.29, 0.717) is 17.1 Å². The van der Waals surface area contributed by atoms with Gasteiger partial charge in [0.15, 0.2) is 12.4 Å². The highest BCUT2D eigenvalue weighted by Crippen LogP contribution is 2.15. The van der Waals surface area contributed by atoms with E-state index >= 15 is 0 Å². The summed E-state index contributed by atoms with van der Waals surface area (Å²) in [6, 6.07) is 17.5. The quantitative estimate of drug-likeness (QED) is 0.707. The van der Waals surface area contributed by atoms with Crippen LogP contribution in [-0.2, 0) is 4.79 Å². The number of aryl methyl sites for hydroxylation is 1. The second kappa shape index (κ2) is 8.02. The molecule has 0 bridgehead atoms. The predicted molar refractivity (Wildman–Crippen MR) is 98.4 cm³/mol. The van der Waals surface area contributed by atoms with Crippen LogP contribution in [0.25, 0.3) is 0 Å². The number of hydrogen-bond acceptors (Lipinski definition) is 4. The summed E-state index contributed by atoms with van der Waals surface area (Å²) in [7, 11) is 0. The van der Waals surface area contributed by atoms with Crippen LogP contribution in [0.3, 0.4) is 0 Å². The normalized spacial score (nSPS) is 10.2. The standard InChI is InChI=1S/C20H18N2O4/c1-14-4-10-17(11-5-14)26-13-19(23)21-15-6-8-16(9-7-15)22-20(24)18-3-2-12-25-18/h2-12H,13H2,1H3,(H,21,23)(H,22,24). The maximum Gasteiger partial charge on any atom is 0.291 e. The van der Waals surface area contributed by atoms with Crippen LogP contribution >= 0.6 is 0 Å². The fourth-order valence-electron chi connectivity index (χ4n) is 2.22. The molecule has 2 aromatic carbocycles. The maximum atomic E-state index is 12.0. The fraction of sp³-hybridized carbons (Fsp3) is 0.100. The van der Waals surface area contributed by atoms with Gasteiger partial charge in [0.2, 0.25) is 0 Å². The molecule has 1 aromatic heterocycles. The van der Waals surface area contributed by atoms with Gasteiger partial charge in [-0.25, -0.2) is 0 Å². The number of benzene rings is 2. The Labute approximate surface area is 150 Å². The summed E-state index contributed by atoms with van der Waals surface area (Å²) in [6.07, 6.45) is 1.44. The highest BCUT2D eigenvalue weighted by Gasteiger charge is 2.09. The van der Waals surface area contributed by atoms with Gasteiger partial charge in [0, 0.05) is 11.4 Å². The van der Waals surface area contributed by atoms with Crippen LogP contribution in [0, 0.1) is 6.92 Å². The number of nitrogens with one attached hydrogen (secondary N) is 2. The monoisotopic (exact) mass is 350 g/mol. The molecule has 0 saturated heterocycles. The number of rotatable bonds is 6. The lowest BCUT2D eigenvalue weighted by atomic mass is 10.2. The minimum Gasteiger partial charge on any atom is -0.484 e. The molecule has 0 radical (unpaired) electrons. The van der Waals surface area contributed by atoms with E-state index in [1.165, 1.54) is 6.26 Å². The van der Waals surface area contributed by atoms with E-state index in [9.17, 15) is 9.59 Å². The largest absolute Gasteiger partial charge is 0.484 e. The van der Waals surface area contributed by atoms with Gasteiger partial charge in [0.05, 0.1) is 6.26 Å². The average Bonchev–Trinajstić information content (AvgIpc) is 3.18. The van der Waals surface area contributed by atoms with Crippen LogP contribution in [-0.4, -0.2) is 18.4 Å². The zero-order valence-electron chi connectivity index (χ0n) is 14.2. The molecule has 1 heterocycles. The zero-order valence-corrected chi connectivity index (χ0v) is 14.2. The summed E-state index contributed by atoms with van der Waals surface area (Å²) in [5.41, 5.74) is 2.33. The summed E-state index contributed by atoms with van der Waals surface area (Å²) < 4.78 is 10.5. The van der Waals surface area contributed by atoms with E-state index in [1.807, 2.05) is 31.2 Å². The molecule has 0 aliphatic heterocycles. The van der Waals surface area contributed by atoms with E-state index in [0.717, 1.165) is 5.56 Å². The molecule has 6 heteroatoms. The molecule has 0 saturated carbocycles. The molecule has 2 N–H and O–H groups in total. The molecule has 0 spiro atoms. The van der Waals surface area contributed by atoms with Crippen LogP contribution in [0.1, 0.15) is 16.1 Å². The molecule has 0 fully saturated rings. The minimum atomic E-state index is -0.335. The van der Waals surface area contributed by atoms with Crippen molar-refractivity contribution in [2.75, 3.05) is 17.2 Å². The Kier molecular flexibility index (Phi) is 5.34. The van der Waals surface area contributed by atoms with Crippen molar-refractivity contribution in [3.05, 3.63) is 78.3 Å². The van der Waals surface area contributed by atoms with Crippen LogP contribution in [0.2, 0.25) is 0 Å². The zero-order chi connectivity index (χ0) is 18.4. The topological polar surface area (TPSA) is 80.6 Å². The third-order valence-electron chi connectivity index (χ3n) is 3.56. The molecular weight excluding hydrogens is 332 g/mol. The Balaban J connectivity index is 1.49. The summed E-state index contributed by atoms with van der Waals surface area (Å²) >= 11 is 0. The molecule has 132 valence electrons. The number of carbonyl (C=O) groups excluding carboxylic acids is 2. The molecule has 6 nitrogen and oxygen atoms in total. The second-order valence-electron chi connectivity index (χ2n) is 5.66. The average molecular weight is 350 g/mol. The highest BCUT2D eigenvalue weighted by atomic mass is 16.5. The molecule has 0 unspecified atom stereocenters. The maximum absolute atomic E-state index is 12.0.